The van der Waals surface area contributed by atoms with E-state index in [1.54, 1.807) is 0 Å². The number of rotatable bonds is 13. The number of carbonyl (C=O) groups is 2. The molecule has 1 aliphatic heterocycles. The average molecular weight is 614 g/mol. The van der Waals surface area contributed by atoms with E-state index < -0.39 is 87.9 Å². The highest BCUT2D eigenvalue weighted by atomic mass is 31.2. The third kappa shape index (κ3) is 7.91. The zero-order chi connectivity index (χ0) is 30.3. The first-order valence-corrected chi connectivity index (χ1v) is 13.8. The molecule has 19 heteroatoms. The molecule has 2 heterocycles. The largest absolute Gasteiger partial charge is 0.510 e. The number of alkyl halides is 1. The van der Waals surface area contributed by atoms with Gasteiger partial charge in [-0.1, -0.05) is 0 Å². The minimum atomic E-state index is -4.72. The summed E-state index contributed by atoms with van der Waals surface area (Å²) in [5.74, 6) is -2.52. The summed E-state index contributed by atoms with van der Waals surface area (Å²) in [5.41, 5.74) is -3.43. The maximum Gasteiger partial charge on any atom is 0.510 e. The van der Waals surface area contributed by atoms with Gasteiger partial charge in [-0.3, -0.25) is 23.3 Å². The van der Waals surface area contributed by atoms with Crippen molar-refractivity contribution < 1.29 is 65.6 Å². The number of H-pyrrole nitrogens is 1. The number of phosphoric acid groups is 1. The molecule has 2 fully saturated rings. The molecule has 1 spiro atoms. The first kappa shape index (κ1) is 32.7. The fourth-order valence-electron chi connectivity index (χ4n) is 4.53. The van der Waals surface area contributed by atoms with Crippen molar-refractivity contribution in [3.8, 4) is 0 Å². The Balaban J connectivity index is 1.84. The number of carbonyl (C=O) groups excluding carboxylic acids is 2. The third-order valence-corrected chi connectivity index (χ3v) is 7.80. The van der Waals surface area contributed by atoms with E-state index in [-0.39, 0.29) is 0 Å². The van der Waals surface area contributed by atoms with Crippen molar-refractivity contribution >= 4 is 20.1 Å². The molecule has 0 amide bonds. The summed E-state index contributed by atoms with van der Waals surface area (Å²) in [6.07, 6.45) is -2.15. The molecule has 41 heavy (non-hydrogen) atoms. The first-order valence-electron chi connectivity index (χ1n) is 12.3. The number of phosphoric ester groups is 1. The van der Waals surface area contributed by atoms with Crippen molar-refractivity contribution in [1.29, 1.82) is 0 Å². The lowest BCUT2D eigenvalue weighted by molar-refractivity contribution is -0.208. The number of hydrogen-bond acceptors (Lipinski definition) is 15. The van der Waals surface area contributed by atoms with Crippen molar-refractivity contribution in [2.45, 2.75) is 56.3 Å². The molecule has 0 radical (unpaired) electrons. The van der Waals surface area contributed by atoms with Gasteiger partial charge in [-0.25, -0.2) is 28.0 Å². The summed E-state index contributed by atoms with van der Waals surface area (Å²) in [6.45, 7) is -2.47. The molecule has 2 N–H and O–H groups in total. The van der Waals surface area contributed by atoms with Crippen LogP contribution < -0.4 is 11.2 Å². The molecule has 0 aromatic carbocycles. The van der Waals surface area contributed by atoms with Gasteiger partial charge in [0, 0.05) is 31.0 Å². The number of aliphatic hydroxyl groups is 1. The highest BCUT2D eigenvalue weighted by Gasteiger charge is 2.61. The van der Waals surface area contributed by atoms with Crippen LogP contribution in [0.4, 0.5) is 14.0 Å². The van der Waals surface area contributed by atoms with E-state index in [1.165, 1.54) is 6.92 Å². The number of aromatic amines is 1. The highest BCUT2D eigenvalue weighted by molar-refractivity contribution is 7.48. The number of nitrogens with zero attached hydrogens (tertiary/aromatic N) is 1. The average Bonchev–Trinajstić information content (AvgIpc) is 3.52. The Kier molecular flexibility index (Phi) is 11.0. The van der Waals surface area contributed by atoms with Crippen molar-refractivity contribution in [1.82, 2.24) is 9.55 Å². The summed E-state index contributed by atoms with van der Waals surface area (Å²) in [5, 5.41) is 11.3. The van der Waals surface area contributed by atoms with Crippen LogP contribution in [0.3, 0.4) is 0 Å². The number of nitrogens with one attached hydrogen (secondary N) is 1. The van der Waals surface area contributed by atoms with Crippen LogP contribution in [0.2, 0.25) is 0 Å². The van der Waals surface area contributed by atoms with Crippen molar-refractivity contribution in [3.05, 3.63) is 33.1 Å². The number of ether oxygens (including phenoxy) is 6. The van der Waals surface area contributed by atoms with Gasteiger partial charge in [0.25, 0.3) is 5.56 Å². The van der Waals surface area contributed by atoms with E-state index in [0.717, 1.165) is 31.0 Å². The first-order chi connectivity index (χ1) is 19.4. The smallest absolute Gasteiger partial charge is 0.438 e. The summed E-state index contributed by atoms with van der Waals surface area (Å²) >= 11 is 0. The van der Waals surface area contributed by atoms with Crippen LogP contribution in [0.15, 0.2) is 21.9 Å². The molecular weight excluding hydrogens is 582 g/mol. The van der Waals surface area contributed by atoms with Crippen molar-refractivity contribution in [2.24, 2.45) is 5.92 Å². The van der Waals surface area contributed by atoms with Crippen LogP contribution in [-0.2, 0) is 46.6 Å². The Labute approximate surface area is 232 Å². The second kappa shape index (κ2) is 13.9. The van der Waals surface area contributed by atoms with Gasteiger partial charge in [0.1, 0.15) is 11.7 Å². The fourth-order valence-corrected chi connectivity index (χ4v) is 5.49. The Morgan fingerprint density at radius 3 is 2.24 bits per heavy atom. The summed E-state index contributed by atoms with van der Waals surface area (Å²) in [4.78, 5) is 48.4. The lowest BCUT2D eigenvalue weighted by atomic mass is 9.87. The quantitative estimate of drug-likeness (QED) is 0.184. The minimum absolute atomic E-state index is 0.409. The second-order valence-electron chi connectivity index (χ2n) is 9.18. The monoisotopic (exact) mass is 614 g/mol. The van der Waals surface area contributed by atoms with Crippen LogP contribution in [0, 0.1) is 5.92 Å². The number of aromatic nitrogens is 2. The zero-order valence-corrected chi connectivity index (χ0v) is 23.4. The van der Waals surface area contributed by atoms with Crippen LogP contribution in [0.25, 0.3) is 0 Å². The second-order valence-corrected chi connectivity index (χ2v) is 10.9. The Morgan fingerprint density at radius 1 is 1.15 bits per heavy atom. The maximum absolute atomic E-state index is 14.6. The lowest BCUT2D eigenvalue weighted by Gasteiger charge is -2.37. The van der Waals surface area contributed by atoms with E-state index in [4.69, 9.17) is 23.0 Å². The predicted octanol–water partition coefficient (Wildman–Crippen LogP) is 1.70. The Bertz CT molecular complexity index is 1190. The van der Waals surface area contributed by atoms with Gasteiger partial charge in [0.15, 0.2) is 12.0 Å². The van der Waals surface area contributed by atoms with Gasteiger partial charge >= 0.3 is 25.8 Å². The number of halogens is 1. The molecule has 1 aliphatic carbocycles. The SMILES string of the molecule is COC(=O)OCOP(=O)(OCOC(=O)OC)OC[C@H](CF)[C@H]1OC2(CCCC2)O[C@@]1(C)[C@@H](O)n1ccc(=O)[nH]c1=O. The molecule has 1 aromatic heterocycles. The van der Waals surface area contributed by atoms with Gasteiger partial charge in [0.05, 0.1) is 27.5 Å². The van der Waals surface area contributed by atoms with Crippen LogP contribution in [0.5, 0.6) is 0 Å². The van der Waals surface area contributed by atoms with E-state index in [9.17, 15) is 33.2 Å². The van der Waals surface area contributed by atoms with Gasteiger partial charge < -0.3 is 33.5 Å². The van der Waals surface area contributed by atoms with Gasteiger partial charge in [-0.05, 0) is 19.8 Å². The molecule has 1 aromatic rings. The molecule has 17 nitrogen and oxygen atoms in total. The lowest BCUT2D eigenvalue weighted by Crippen LogP contribution is -2.52. The van der Waals surface area contributed by atoms with E-state index >= 15 is 0 Å². The molecule has 0 unspecified atom stereocenters. The van der Waals surface area contributed by atoms with E-state index in [1.807, 2.05) is 4.98 Å². The normalized spacial score (nSPS) is 23.2. The van der Waals surface area contributed by atoms with Crippen molar-refractivity contribution in [2.75, 3.05) is 41.1 Å². The summed E-state index contributed by atoms with van der Waals surface area (Å²) in [7, 11) is -2.69. The molecule has 1 saturated carbocycles. The maximum atomic E-state index is 14.6. The van der Waals surface area contributed by atoms with Gasteiger partial charge in [-0.2, -0.15) is 0 Å². The topological polar surface area (TPSA) is 209 Å². The molecule has 2 aliphatic rings. The van der Waals surface area contributed by atoms with Crippen LogP contribution >= 0.6 is 7.82 Å². The van der Waals surface area contributed by atoms with Crippen LogP contribution in [-0.4, -0.2) is 85.5 Å². The summed E-state index contributed by atoms with van der Waals surface area (Å²) < 4.78 is 73.5. The Morgan fingerprint density at radius 2 is 1.73 bits per heavy atom. The van der Waals surface area contributed by atoms with E-state index in [2.05, 4.69) is 18.9 Å². The van der Waals surface area contributed by atoms with Crippen molar-refractivity contribution in [3.63, 3.8) is 0 Å². The summed E-state index contributed by atoms with van der Waals surface area (Å²) in [6, 6.07) is 1.01. The number of methoxy groups -OCH3 is 2. The minimum Gasteiger partial charge on any atom is -0.438 e. The zero-order valence-electron chi connectivity index (χ0n) is 22.5. The Hall–Kier alpha value is -2.86. The molecule has 0 bridgehead atoms. The molecule has 3 rings (SSSR count). The van der Waals surface area contributed by atoms with Gasteiger partial charge in [0.2, 0.25) is 13.6 Å². The molecular formula is C22H32FN2O15P. The highest BCUT2D eigenvalue weighted by Crippen LogP contribution is 2.53. The molecule has 232 valence electrons. The third-order valence-electron chi connectivity index (χ3n) is 6.49. The molecule has 4 atom stereocenters. The number of hydrogen-bond donors (Lipinski definition) is 2. The van der Waals surface area contributed by atoms with E-state index in [0.29, 0.717) is 25.7 Å². The van der Waals surface area contributed by atoms with Crippen LogP contribution in [0.1, 0.15) is 38.8 Å². The standard InChI is InChI=1S/C22H32FN2O15P/c1-21(17(27)25-9-6-15(26)24-18(25)28)16(39-22(40-21)7-4-5-8-22)14(10-23)11-36-41(31,37-12-34-19(29)32-2)38-13-35-20(30)33-3/h6,9,14,16-17,27H,4-5,7-8,10-13H2,1-3H3,(H,24,26,28)/t14-,16+,17+,21+/m0/s1. The fraction of sp³-hybridized carbons (Fsp3) is 0.727. The van der Waals surface area contributed by atoms with Gasteiger partial charge in [-0.15, -0.1) is 0 Å². The predicted molar refractivity (Wildman–Crippen MR) is 130 cm³/mol. The molecule has 1 saturated heterocycles. The number of aliphatic hydroxyl groups excluding tert-OH is 1.